The Morgan fingerprint density at radius 2 is 1.86 bits per heavy atom. The number of halogens is 1. The van der Waals surface area contributed by atoms with Gasteiger partial charge in [0.25, 0.3) is 0 Å². The Hall–Kier alpha value is -3.96. The van der Waals surface area contributed by atoms with Crippen molar-refractivity contribution >= 4 is 22.9 Å². The Morgan fingerprint density at radius 3 is 2.54 bits per heavy atom. The smallest absolute Gasteiger partial charge is 0.173 e. The molecule has 2 N–H and O–H groups in total. The summed E-state index contributed by atoms with van der Waals surface area (Å²) in [5.41, 5.74) is 3.39. The van der Waals surface area contributed by atoms with E-state index in [0.717, 1.165) is 16.7 Å². The highest BCUT2D eigenvalue weighted by atomic mass is 35.5. The first-order valence-corrected chi connectivity index (χ1v) is 11.3. The molecule has 3 heterocycles. The molecule has 0 fully saturated rings. The van der Waals surface area contributed by atoms with Crippen LogP contribution in [0.4, 0.5) is 5.69 Å². The molecule has 0 bridgehead atoms. The van der Waals surface area contributed by atoms with Gasteiger partial charge in [0.2, 0.25) is 0 Å². The fourth-order valence-electron chi connectivity index (χ4n) is 4.47. The topological polar surface area (TPSA) is 98.2 Å². The molecular weight excluding hydrogens is 462 g/mol. The van der Waals surface area contributed by atoms with Crippen LogP contribution in [0.5, 0.6) is 0 Å². The Bertz CT molecular complexity index is 1490. The summed E-state index contributed by atoms with van der Waals surface area (Å²) in [6.07, 6.45) is 5.74. The van der Waals surface area contributed by atoms with Crippen LogP contribution < -0.4 is 4.90 Å². The van der Waals surface area contributed by atoms with Gasteiger partial charge >= 0.3 is 0 Å². The van der Waals surface area contributed by atoms with E-state index in [1.165, 1.54) is 0 Å². The van der Waals surface area contributed by atoms with Crippen molar-refractivity contribution in [2.24, 2.45) is 7.05 Å². The van der Waals surface area contributed by atoms with Gasteiger partial charge in [0.05, 0.1) is 47.4 Å². The van der Waals surface area contributed by atoms with Crippen LogP contribution in [0.1, 0.15) is 33.6 Å². The van der Waals surface area contributed by atoms with E-state index in [1.54, 1.807) is 83.8 Å². The lowest BCUT2D eigenvalue weighted by atomic mass is 9.84. The molecule has 7 nitrogen and oxygen atoms in total. The number of aliphatic hydroxyl groups excluding tert-OH is 1. The summed E-state index contributed by atoms with van der Waals surface area (Å²) < 4.78 is 1.75. The van der Waals surface area contributed by atoms with Crippen LogP contribution in [0.25, 0.3) is 5.57 Å². The average molecular weight is 484 g/mol. The number of hydrogen-bond acceptors (Lipinski definition) is 6. The molecule has 1 aliphatic heterocycles. The first kappa shape index (κ1) is 22.8. The maximum atomic E-state index is 12.3. The van der Waals surface area contributed by atoms with Crippen LogP contribution in [-0.4, -0.2) is 38.0 Å². The van der Waals surface area contributed by atoms with Gasteiger partial charge in [-0.2, -0.15) is 5.26 Å². The largest absolute Gasteiger partial charge is 0.373 e. The van der Waals surface area contributed by atoms with Crippen molar-refractivity contribution in [2.45, 2.75) is 11.8 Å². The summed E-state index contributed by atoms with van der Waals surface area (Å²) >= 11 is 6.13. The average Bonchev–Trinajstić information content (AvgIpc) is 3.32. The molecule has 174 valence electrons. The summed E-state index contributed by atoms with van der Waals surface area (Å²) in [5, 5.41) is 32.9. The molecule has 2 atom stereocenters. The highest BCUT2D eigenvalue weighted by Crippen LogP contribution is 2.41. The van der Waals surface area contributed by atoms with Crippen LogP contribution in [0.15, 0.2) is 79.4 Å². The van der Waals surface area contributed by atoms with Gasteiger partial charge in [0.1, 0.15) is 6.23 Å². The second-order valence-electron chi connectivity index (χ2n) is 8.49. The molecule has 8 heteroatoms. The van der Waals surface area contributed by atoms with E-state index < -0.39 is 11.8 Å². The number of likely N-dealkylation sites (N-methyl/N-ethyl adjacent to an activating group) is 1. The van der Waals surface area contributed by atoms with Crippen LogP contribution in [0.3, 0.4) is 0 Å². The van der Waals surface area contributed by atoms with Crippen molar-refractivity contribution in [1.82, 2.24) is 14.5 Å². The van der Waals surface area contributed by atoms with Crippen molar-refractivity contribution in [1.29, 1.82) is 5.26 Å². The summed E-state index contributed by atoms with van der Waals surface area (Å²) in [6.45, 7) is 0. The van der Waals surface area contributed by atoms with E-state index in [4.69, 9.17) is 11.6 Å². The number of aromatic nitrogens is 3. The number of aliphatic hydroxyl groups is 2. The number of rotatable bonds is 4. The lowest BCUT2D eigenvalue weighted by molar-refractivity contribution is 0.112. The molecule has 0 saturated carbocycles. The molecule has 0 saturated heterocycles. The molecule has 0 aliphatic carbocycles. The van der Waals surface area contributed by atoms with Crippen molar-refractivity contribution in [3.05, 3.63) is 118 Å². The highest BCUT2D eigenvalue weighted by molar-refractivity contribution is 6.30. The molecule has 0 amide bonds. The number of hydrogen-bond donors (Lipinski definition) is 2. The molecule has 0 radical (unpaired) electrons. The predicted octanol–water partition coefficient (Wildman–Crippen LogP) is 3.82. The van der Waals surface area contributed by atoms with Crippen molar-refractivity contribution in [3.63, 3.8) is 0 Å². The van der Waals surface area contributed by atoms with Crippen molar-refractivity contribution < 1.29 is 10.2 Å². The third-order valence-electron chi connectivity index (χ3n) is 6.39. The van der Waals surface area contributed by atoms with E-state index in [1.807, 2.05) is 19.2 Å². The third kappa shape index (κ3) is 3.78. The molecule has 2 aromatic heterocycles. The standard InChI is InChI=1S/C27H22ClN5O2/c1-32-16-30-15-25(32)27(35,19-6-8-20(28)9-7-19)24-11-22-21(18-5-3-4-17(10-18)13-29)12-26(34)33(2)23(22)14-31-24/h3-12,14-16,26,34-35H,1-2H3. The van der Waals surface area contributed by atoms with Crippen LogP contribution >= 0.6 is 11.6 Å². The van der Waals surface area contributed by atoms with Gasteiger partial charge in [-0.3, -0.25) is 4.98 Å². The van der Waals surface area contributed by atoms with Gasteiger partial charge in [-0.25, -0.2) is 4.98 Å². The molecular formula is C27H22ClN5O2. The maximum Gasteiger partial charge on any atom is 0.173 e. The predicted molar refractivity (Wildman–Crippen MR) is 134 cm³/mol. The van der Waals surface area contributed by atoms with E-state index in [-0.39, 0.29) is 0 Å². The molecule has 1 aliphatic rings. The van der Waals surface area contributed by atoms with Crippen LogP contribution in [-0.2, 0) is 12.6 Å². The van der Waals surface area contributed by atoms with Crippen molar-refractivity contribution in [2.75, 3.05) is 11.9 Å². The normalized spacial score (nSPS) is 16.7. The molecule has 2 unspecified atom stereocenters. The fraction of sp³-hybridized carbons (Fsp3) is 0.148. The molecule has 35 heavy (non-hydrogen) atoms. The summed E-state index contributed by atoms with van der Waals surface area (Å²) in [4.78, 5) is 10.6. The fourth-order valence-corrected chi connectivity index (χ4v) is 4.59. The summed E-state index contributed by atoms with van der Waals surface area (Å²) in [6, 6.07) is 18.2. The van der Waals surface area contributed by atoms with E-state index in [0.29, 0.717) is 33.2 Å². The first-order chi connectivity index (χ1) is 16.8. The van der Waals surface area contributed by atoms with Crippen molar-refractivity contribution in [3.8, 4) is 6.07 Å². The number of imidazole rings is 1. The Labute approximate surface area is 207 Å². The zero-order chi connectivity index (χ0) is 24.7. The van der Waals surface area contributed by atoms with Gasteiger partial charge in [-0.1, -0.05) is 35.9 Å². The van der Waals surface area contributed by atoms with E-state index >= 15 is 0 Å². The number of nitrogens with zero attached hydrogens (tertiary/aromatic N) is 5. The number of nitriles is 1. The zero-order valence-electron chi connectivity index (χ0n) is 19.1. The molecule has 2 aromatic carbocycles. The minimum Gasteiger partial charge on any atom is -0.373 e. The Balaban J connectivity index is 1.75. The SMILES string of the molecule is CN1c2cnc(C(O)(c3ccc(Cl)cc3)c3cncn3C)cc2C(c2cccc(C#N)c2)=CC1O. The summed E-state index contributed by atoms with van der Waals surface area (Å²) in [5.74, 6) is 0. The van der Waals surface area contributed by atoms with Crippen LogP contribution in [0.2, 0.25) is 5.02 Å². The Morgan fingerprint density at radius 1 is 1.09 bits per heavy atom. The molecule has 5 rings (SSSR count). The lowest BCUT2D eigenvalue weighted by Gasteiger charge is -2.34. The quantitative estimate of drug-likeness (QED) is 0.458. The van der Waals surface area contributed by atoms with Crippen LogP contribution in [0, 0.1) is 11.3 Å². The van der Waals surface area contributed by atoms with E-state index in [2.05, 4.69) is 16.0 Å². The maximum absolute atomic E-state index is 12.3. The lowest BCUT2D eigenvalue weighted by Crippen LogP contribution is -2.35. The molecule has 0 spiro atoms. The number of benzene rings is 2. The van der Waals surface area contributed by atoms with E-state index in [9.17, 15) is 15.5 Å². The Kier molecular flexibility index (Phi) is 5.65. The zero-order valence-corrected chi connectivity index (χ0v) is 19.8. The number of fused-ring (bicyclic) bond motifs is 1. The minimum atomic E-state index is -1.63. The second-order valence-corrected chi connectivity index (χ2v) is 8.93. The number of anilines is 1. The van der Waals surface area contributed by atoms with Gasteiger partial charge < -0.3 is 19.7 Å². The van der Waals surface area contributed by atoms with Gasteiger partial charge in [0, 0.05) is 24.7 Å². The highest BCUT2D eigenvalue weighted by Gasteiger charge is 2.39. The molecule has 4 aromatic rings. The minimum absolute atomic E-state index is 0.384. The first-order valence-electron chi connectivity index (χ1n) is 10.9. The monoisotopic (exact) mass is 483 g/mol. The van der Waals surface area contributed by atoms with Gasteiger partial charge in [-0.15, -0.1) is 0 Å². The number of pyridine rings is 1. The summed E-state index contributed by atoms with van der Waals surface area (Å²) in [7, 11) is 3.58. The third-order valence-corrected chi connectivity index (χ3v) is 6.64. The second kappa shape index (κ2) is 8.67. The van der Waals surface area contributed by atoms with Gasteiger partial charge in [-0.05, 0) is 53.1 Å². The van der Waals surface area contributed by atoms with Gasteiger partial charge in [0.15, 0.2) is 5.60 Å². The number of aryl methyl sites for hydroxylation is 1.